The number of aliphatic hydroxyl groups excluding tert-OH is 7. The lowest BCUT2D eigenvalue weighted by Gasteiger charge is -2.40. The number of nitrogens with one attached hydrogen (secondary N) is 1. The molecule has 26 heavy (non-hydrogen) atoms. The molecule has 1 saturated heterocycles. The molecule has 1 aliphatic heterocycles. The summed E-state index contributed by atoms with van der Waals surface area (Å²) in [5.74, 6) is -0.810. The predicted molar refractivity (Wildman–Crippen MR) is 85.6 cm³/mol. The summed E-state index contributed by atoms with van der Waals surface area (Å²) in [6.07, 6.45) is -11.3. The topological polar surface area (TPSA) is 189 Å². The van der Waals surface area contributed by atoms with E-state index in [9.17, 15) is 35.4 Å². The third-order valence-corrected chi connectivity index (χ3v) is 4.22. The maximum Gasteiger partial charge on any atom is 0.248 e. The molecule has 1 amide bonds. The van der Waals surface area contributed by atoms with Gasteiger partial charge in [0.05, 0.1) is 25.4 Å². The van der Waals surface area contributed by atoms with Crippen molar-refractivity contribution in [3.05, 3.63) is 0 Å². The van der Waals surface area contributed by atoms with Gasteiger partial charge in [-0.05, 0) is 13.3 Å². The summed E-state index contributed by atoms with van der Waals surface area (Å²) in [6, 6.07) is -1.15. The zero-order valence-electron chi connectivity index (χ0n) is 14.7. The van der Waals surface area contributed by atoms with Gasteiger partial charge in [-0.15, -0.1) is 0 Å². The van der Waals surface area contributed by atoms with Gasteiger partial charge < -0.3 is 50.5 Å². The van der Waals surface area contributed by atoms with E-state index in [1.54, 1.807) is 6.92 Å². The van der Waals surface area contributed by atoms with Crippen molar-refractivity contribution in [2.24, 2.45) is 0 Å². The van der Waals surface area contributed by atoms with E-state index in [1.807, 2.05) is 0 Å². The van der Waals surface area contributed by atoms with Gasteiger partial charge in [0.25, 0.3) is 0 Å². The zero-order chi connectivity index (χ0) is 20.0. The van der Waals surface area contributed by atoms with Crippen molar-refractivity contribution in [1.82, 2.24) is 5.32 Å². The van der Waals surface area contributed by atoms with Gasteiger partial charge in [-0.1, -0.05) is 6.92 Å². The van der Waals surface area contributed by atoms with Crippen LogP contribution in [0.15, 0.2) is 0 Å². The summed E-state index contributed by atoms with van der Waals surface area (Å²) in [7, 11) is 0. The molecular formula is C15H29NO10. The van der Waals surface area contributed by atoms with Gasteiger partial charge in [-0.25, -0.2) is 0 Å². The molecule has 0 aromatic carbocycles. The van der Waals surface area contributed by atoms with Gasteiger partial charge >= 0.3 is 0 Å². The second-order valence-electron chi connectivity index (χ2n) is 6.29. The number of ether oxygens (including phenoxy) is 2. The molecular weight excluding hydrogens is 354 g/mol. The summed E-state index contributed by atoms with van der Waals surface area (Å²) in [5.41, 5.74) is 0. The lowest BCUT2D eigenvalue weighted by atomic mass is 9.99. The minimum absolute atomic E-state index is 0.183. The summed E-state index contributed by atoms with van der Waals surface area (Å²) in [5, 5.41) is 70.0. The first kappa shape index (κ1) is 23.1. The van der Waals surface area contributed by atoms with Crippen molar-refractivity contribution in [3.8, 4) is 0 Å². The Balaban J connectivity index is 2.79. The third-order valence-electron chi connectivity index (χ3n) is 4.22. The van der Waals surface area contributed by atoms with Crippen LogP contribution in [0.1, 0.15) is 20.3 Å². The summed E-state index contributed by atoms with van der Waals surface area (Å²) in [4.78, 5) is 11.7. The maximum absolute atomic E-state index is 11.7. The Bertz CT molecular complexity index is 435. The number of hydrogen-bond donors (Lipinski definition) is 8. The monoisotopic (exact) mass is 383 g/mol. The molecule has 1 heterocycles. The predicted octanol–water partition coefficient (Wildman–Crippen LogP) is -4.20. The molecule has 11 nitrogen and oxygen atoms in total. The van der Waals surface area contributed by atoms with Crippen LogP contribution in [-0.4, -0.2) is 110 Å². The highest BCUT2D eigenvalue weighted by Gasteiger charge is 2.44. The average Bonchev–Trinajstić information content (AvgIpc) is 2.62. The first-order valence-corrected chi connectivity index (χ1v) is 8.40. The lowest BCUT2D eigenvalue weighted by molar-refractivity contribution is -0.303. The van der Waals surface area contributed by atoms with Crippen LogP contribution in [0.25, 0.3) is 0 Å². The van der Waals surface area contributed by atoms with Crippen molar-refractivity contribution < 1.29 is 50.0 Å². The average molecular weight is 383 g/mol. The largest absolute Gasteiger partial charge is 0.394 e. The quantitative estimate of drug-likeness (QED) is 0.194. The molecule has 1 aliphatic rings. The Kier molecular flexibility index (Phi) is 9.30. The molecule has 11 heteroatoms. The maximum atomic E-state index is 11.7. The van der Waals surface area contributed by atoms with Crippen LogP contribution in [0, 0.1) is 0 Å². The van der Waals surface area contributed by atoms with E-state index >= 15 is 0 Å². The fraction of sp³-hybridized carbons (Fsp3) is 0.933. The molecule has 0 aromatic rings. The standard InChI is InChI=1S/C15H29NO10/c1-3-8(19)10(20)7(16-14(24)6(2)18)5-25-15-13(23)12(22)11(21)9(4-17)26-15/h6-13,15,17-23H,3-5H2,1-2H3,(H,16,24)/t6?,7?,8?,9?,10?,11-,12?,13?,15-/m0/s1. The minimum Gasteiger partial charge on any atom is -0.394 e. The molecule has 0 spiro atoms. The Hall–Kier alpha value is -0.890. The highest BCUT2D eigenvalue weighted by atomic mass is 16.7. The number of carbonyl (C=O) groups excluding carboxylic acids is 1. The number of carbonyl (C=O) groups is 1. The van der Waals surface area contributed by atoms with Crippen molar-refractivity contribution in [3.63, 3.8) is 0 Å². The van der Waals surface area contributed by atoms with Crippen molar-refractivity contribution in [2.75, 3.05) is 13.2 Å². The first-order chi connectivity index (χ1) is 12.1. The molecule has 9 atom stereocenters. The van der Waals surface area contributed by atoms with Gasteiger partial charge in [0, 0.05) is 0 Å². The highest BCUT2D eigenvalue weighted by Crippen LogP contribution is 2.22. The Morgan fingerprint density at radius 1 is 1.15 bits per heavy atom. The molecule has 0 radical (unpaired) electrons. The number of rotatable bonds is 9. The van der Waals surface area contributed by atoms with Crippen LogP contribution in [0.3, 0.4) is 0 Å². The van der Waals surface area contributed by atoms with Gasteiger partial charge in [-0.3, -0.25) is 4.79 Å². The summed E-state index contributed by atoms with van der Waals surface area (Å²) >= 11 is 0. The number of hydrogen-bond acceptors (Lipinski definition) is 10. The van der Waals surface area contributed by atoms with E-state index in [4.69, 9.17) is 14.6 Å². The van der Waals surface area contributed by atoms with E-state index < -0.39 is 74.2 Å². The number of amides is 1. The molecule has 0 saturated carbocycles. The fourth-order valence-corrected chi connectivity index (χ4v) is 2.44. The SMILES string of the molecule is CCC(O)C(O)C(CO[C@H]1OC(CO)[C@H](O)C(O)C1O)NC(=O)C(C)O. The second kappa shape index (κ2) is 10.4. The molecule has 0 aromatic heterocycles. The molecule has 0 aliphatic carbocycles. The van der Waals surface area contributed by atoms with Crippen molar-refractivity contribution in [1.29, 1.82) is 0 Å². The van der Waals surface area contributed by atoms with Crippen LogP contribution in [0.4, 0.5) is 0 Å². The van der Waals surface area contributed by atoms with E-state index in [1.165, 1.54) is 6.92 Å². The van der Waals surface area contributed by atoms with Crippen LogP contribution >= 0.6 is 0 Å². The van der Waals surface area contributed by atoms with E-state index in [0.29, 0.717) is 0 Å². The lowest BCUT2D eigenvalue weighted by Crippen LogP contribution is -2.60. The van der Waals surface area contributed by atoms with E-state index in [2.05, 4.69) is 5.32 Å². The normalized spacial score (nSPS) is 34.0. The summed E-state index contributed by atoms with van der Waals surface area (Å²) in [6.45, 7) is 1.75. The Labute approximate surface area is 150 Å². The van der Waals surface area contributed by atoms with Crippen molar-refractivity contribution in [2.45, 2.75) is 75.3 Å². The zero-order valence-corrected chi connectivity index (χ0v) is 14.7. The van der Waals surface area contributed by atoms with Gasteiger partial charge in [0.2, 0.25) is 5.91 Å². The van der Waals surface area contributed by atoms with E-state index in [0.717, 1.165) is 0 Å². The smallest absolute Gasteiger partial charge is 0.248 e. The molecule has 1 rings (SSSR count). The molecule has 1 fully saturated rings. The van der Waals surface area contributed by atoms with E-state index in [-0.39, 0.29) is 6.42 Å². The molecule has 7 unspecified atom stereocenters. The molecule has 154 valence electrons. The third kappa shape index (κ3) is 5.81. The second-order valence-corrected chi connectivity index (χ2v) is 6.29. The van der Waals surface area contributed by atoms with Crippen LogP contribution in [0.2, 0.25) is 0 Å². The summed E-state index contributed by atoms with van der Waals surface area (Å²) < 4.78 is 10.4. The van der Waals surface area contributed by atoms with Gasteiger partial charge in [-0.2, -0.15) is 0 Å². The van der Waals surface area contributed by atoms with Gasteiger partial charge in [0.15, 0.2) is 6.29 Å². The Morgan fingerprint density at radius 3 is 2.27 bits per heavy atom. The number of aliphatic hydroxyl groups is 7. The molecule has 0 bridgehead atoms. The first-order valence-electron chi connectivity index (χ1n) is 8.40. The highest BCUT2D eigenvalue weighted by molar-refractivity contribution is 5.80. The Morgan fingerprint density at radius 2 is 1.77 bits per heavy atom. The minimum atomic E-state index is -1.64. The van der Waals surface area contributed by atoms with Crippen molar-refractivity contribution >= 4 is 5.91 Å². The molecule has 8 N–H and O–H groups in total. The van der Waals surface area contributed by atoms with Crippen LogP contribution < -0.4 is 5.32 Å². The fourth-order valence-electron chi connectivity index (χ4n) is 2.44. The van der Waals surface area contributed by atoms with Crippen LogP contribution in [-0.2, 0) is 14.3 Å². The van der Waals surface area contributed by atoms with Crippen LogP contribution in [0.5, 0.6) is 0 Å². The van der Waals surface area contributed by atoms with Gasteiger partial charge in [0.1, 0.15) is 36.6 Å².